The fourth-order valence-corrected chi connectivity index (χ4v) is 4.82. The van der Waals surface area contributed by atoms with Crippen molar-refractivity contribution in [2.24, 2.45) is 11.3 Å². The molecule has 28 heavy (non-hydrogen) atoms. The zero-order valence-corrected chi connectivity index (χ0v) is 16.0. The normalized spacial score (nSPS) is 26.3. The highest BCUT2D eigenvalue weighted by molar-refractivity contribution is 5.86. The number of carbonyl (C=O) groups is 2. The summed E-state index contributed by atoms with van der Waals surface area (Å²) < 4.78 is 32.9. The van der Waals surface area contributed by atoms with Crippen LogP contribution in [0, 0.1) is 23.0 Å². The molecule has 3 fully saturated rings. The molecule has 7 heteroatoms. The Bertz CT molecular complexity index is 766. The maximum absolute atomic E-state index is 14.1. The molecule has 0 N–H and O–H groups in total. The molecule has 152 valence electrons. The number of halogens is 2. The summed E-state index contributed by atoms with van der Waals surface area (Å²) in [4.78, 5) is 29.6. The first-order valence-corrected chi connectivity index (χ1v) is 10.1. The van der Waals surface area contributed by atoms with Gasteiger partial charge in [0, 0.05) is 50.9 Å². The Morgan fingerprint density at radius 1 is 1.18 bits per heavy atom. The van der Waals surface area contributed by atoms with Crippen LogP contribution < -0.4 is 0 Å². The third kappa shape index (κ3) is 3.52. The van der Waals surface area contributed by atoms with Crippen LogP contribution in [0.2, 0.25) is 0 Å². The molecule has 2 amide bonds. The number of hydrogen-bond acceptors (Lipinski definition) is 3. The van der Waals surface area contributed by atoms with Gasteiger partial charge in [0.1, 0.15) is 0 Å². The molecule has 5 nitrogen and oxygen atoms in total. The molecule has 3 aliphatic heterocycles. The second-order valence-electron chi connectivity index (χ2n) is 8.22. The van der Waals surface area contributed by atoms with Crippen molar-refractivity contribution < 1.29 is 23.1 Å². The highest BCUT2D eigenvalue weighted by atomic mass is 19.2. The van der Waals surface area contributed by atoms with Gasteiger partial charge in [-0.15, -0.1) is 0 Å². The third-order valence-corrected chi connectivity index (χ3v) is 6.45. The van der Waals surface area contributed by atoms with Crippen molar-refractivity contribution in [1.29, 1.82) is 0 Å². The van der Waals surface area contributed by atoms with Gasteiger partial charge in [-0.05, 0) is 38.2 Å². The first-order chi connectivity index (χ1) is 13.5. The van der Waals surface area contributed by atoms with Crippen molar-refractivity contribution in [2.45, 2.75) is 38.6 Å². The van der Waals surface area contributed by atoms with Crippen molar-refractivity contribution in [3.63, 3.8) is 0 Å². The van der Waals surface area contributed by atoms with E-state index in [4.69, 9.17) is 4.74 Å². The van der Waals surface area contributed by atoms with E-state index in [0.29, 0.717) is 39.3 Å². The van der Waals surface area contributed by atoms with E-state index in [9.17, 15) is 18.4 Å². The molecule has 3 aliphatic rings. The highest BCUT2D eigenvalue weighted by Gasteiger charge is 2.50. The van der Waals surface area contributed by atoms with Crippen LogP contribution in [0.1, 0.15) is 37.7 Å². The summed E-state index contributed by atoms with van der Waals surface area (Å²) in [5, 5.41) is 0. The van der Waals surface area contributed by atoms with Gasteiger partial charge >= 0.3 is 0 Å². The van der Waals surface area contributed by atoms with Crippen molar-refractivity contribution in [3.8, 4) is 0 Å². The lowest BCUT2D eigenvalue weighted by molar-refractivity contribution is -0.147. The molecule has 1 aromatic rings. The lowest BCUT2D eigenvalue weighted by atomic mass is 9.78. The van der Waals surface area contributed by atoms with E-state index in [1.54, 1.807) is 4.90 Å². The molecule has 3 saturated heterocycles. The quantitative estimate of drug-likeness (QED) is 0.795. The Balaban J connectivity index is 1.45. The standard InChI is InChI=1S/C21H26F2N2O3/c22-17-4-1-3-16(18(17)23)13-24-9-2-7-21(20(24)27)8-10-25(14-21)19(26)15-5-11-28-12-6-15/h1,3-4,15H,2,5-14H2/t21-/m0/s1. The first kappa shape index (κ1) is 19.3. The SMILES string of the molecule is O=C(C1CCOCC1)N1CC[C@@]2(CCCN(Cc3cccc(F)c3F)C2=O)C1. The van der Waals surface area contributed by atoms with Crippen LogP contribution in [0.3, 0.4) is 0 Å². The van der Waals surface area contributed by atoms with E-state index in [-0.39, 0.29) is 29.8 Å². The van der Waals surface area contributed by atoms with Gasteiger partial charge in [0.15, 0.2) is 11.6 Å². The predicted octanol–water partition coefficient (Wildman–Crippen LogP) is 2.73. The molecule has 0 aromatic heterocycles. The van der Waals surface area contributed by atoms with Crippen molar-refractivity contribution in [1.82, 2.24) is 9.80 Å². The van der Waals surface area contributed by atoms with Crippen molar-refractivity contribution >= 4 is 11.8 Å². The van der Waals surface area contributed by atoms with E-state index in [1.807, 2.05) is 4.90 Å². The smallest absolute Gasteiger partial charge is 0.230 e. The van der Waals surface area contributed by atoms with Crippen LogP contribution in [0.25, 0.3) is 0 Å². The molecule has 0 aliphatic carbocycles. The molecule has 0 saturated carbocycles. The average Bonchev–Trinajstić information content (AvgIpc) is 3.14. The molecule has 1 aromatic carbocycles. The maximum atomic E-state index is 14.1. The molecule has 3 heterocycles. The summed E-state index contributed by atoms with van der Waals surface area (Å²) in [5.41, 5.74) is -0.387. The summed E-state index contributed by atoms with van der Waals surface area (Å²) in [6, 6.07) is 4.06. The topological polar surface area (TPSA) is 49.9 Å². The third-order valence-electron chi connectivity index (χ3n) is 6.45. The number of hydrogen-bond donors (Lipinski definition) is 0. The van der Waals surface area contributed by atoms with Gasteiger partial charge in [-0.3, -0.25) is 9.59 Å². The van der Waals surface area contributed by atoms with Gasteiger partial charge in [-0.1, -0.05) is 12.1 Å². The zero-order chi connectivity index (χ0) is 19.7. The minimum atomic E-state index is -0.897. The molecule has 0 bridgehead atoms. The number of amides is 2. The van der Waals surface area contributed by atoms with E-state index < -0.39 is 17.0 Å². The Kier molecular flexibility index (Phi) is 5.36. The Labute approximate surface area is 163 Å². The Hall–Kier alpha value is -2.02. The number of piperidine rings is 1. The number of nitrogens with zero attached hydrogens (tertiary/aromatic N) is 2. The number of ether oxygens (including phenoxy) is 1. The maximum Gasteiger partial charge on any atom is 0.230 e. The highest BCUT2D eigenvalue weighted by Crippen LogP contribution is 2.41. The van der Waals surface area contributed by atoms with Gasteiger partial charge in [-0.2, -0.15) is 0 Å². The lowest BCUT2D eigenvalue weighted by Gasteiger charge is -2.39. The second kappa shape index (κ2) is 7.78. The molecule has 4 rings (SSSR count). The van der Waals surface area contributed by atoms with E-state index in [1.165, 1.54) is 12.1 Å². The molecule has 0 unspecified atom stereocenters. The molecular weight excluding hydrogens is 366 g/mol. The molecule has 1 atom stereocenters. The second-order valence-corrected chi connectivity index (χ2v) is 8.22. The van der Waals surface area contributed by atoms with Crippen LogP contribution in [0.5, 0.6) is 0 Å². The number of rotatable bonds is 3. The van der Waals surface area contributed by atoms with Crippen LogP contribution >= 0.6 is 0 Å². The minimum absolute atomic E-state index is 0.0138. The molecular formula is C21H26F2N2O3. The molecule has 1 spiro atoms. The molecule has 0 radical (unpaired) electrons. The van der Waals surface area contributed by atoms with E-state index in [2.05, 4.69) is 0 Å². The predicted molar refractivity (Wildman–Crippen MR) is 98.2 cm³/mol. The first-order valence-electron chi connectivity index (χ1n) is 10.1. The summed E-state index contributed by atoms with van der Waals surface area (Å²) >= 11 is 0. The fourth-order valence-electron chi connectivity index (χ4n) is 4.82. The van der Waals surface area contributed by atoms with Gasteiger partial charge in [-0.25, -0.2) is 8.78 Å². The summed E-state index contributed by atoms with van der Waals surface area (Å²) in [5.74, 6) is -1.71. The van der Waals surface area contributed by atoms with E-state index in [0.717, 1.165) is 31.7 Å². The minimum Gasteiger partial charge on any atom is -0.381 e. The zero-order valence-electron chi connectivity index (χ0n) is 16.0. The van der Waals surface area contributed by atoms with Crippen LogP contribution in [-0.2, 0) is 20.9 Å². The van der Waals surface area contributed by atoms with Crippen LogP contribution in [-0.4, -0.2) is 54.5 Å². The fraction of sp³-hybridized carbons (Fsp3) is 0.619. The van der Waals surface area contributed by atoms with Gasteiger partial charge < -0.3 is 14.5 Å². The summed E-state index contributed by atoms with van der Waals surface area (Å²) in [7, 11) is 0. The number of likely N-dealkylation sites (tertiary alicyclic amines) is 2. The van der Waals surface area contributed by atoms with Crippen molar-refractivity contribution in [2.75, 3.05) is 32.8 Å². The largest absolute Gasteiger partial charge is 0.381 e. The Morgan fingerprint density at radius 2 is 1.96 bits per heavy atom. The van der Waals surface area contributed by atoms with E-state index >= 15 is 0 Å². The average molecular weight is 392 g/mol. The monoisotopic (exact) mass is 392 g/mol. The number of carbonyl (C=O) groups excluding carboxylic acids is 2. The summed E-state index contributed by atoms with van der Waals surface area (Å²) in [6.07, 6.45) is 3.67. The summed E-state index contributed by atoms with van der Waals surface area (Å²) in [6.45, 7) is 2.85. The Morgan fingerprint density at radius 3 is 2.75 bits per heavy atom. The van der Waals surface area contributed by atoms with Gasteiger partial charge in [0.2, 0.25) is 11.8 Å². The van der Waals surface area contributed by atoms with Crippen LogP contribution in [0.15, 0.2) is 18.2 Å². The number of benzene rings is 1. The van der Waals surface area contributed by atoms with Gasteiger partial charge in [0.05, 0.1) is 5.41 Å². The van der Waals surface area contributed by atoms with Crippen molar-refractivity contribution in [3.05, 3.63) is 35.4 Å². The lowest BCUT2D eigenvalue weighted by Crippen LogP contribution is -2.50. The van der Waals surface area contributed by atoms with Crippen LogP contribution in [0.4, 0.5) is 8.78 Å². The van der Waals surface area contributed by atoms with Gasteiger partial charge in [0.25, 0.3) is 0 Å².